The first kappa shape index (κ1) is 17.1. The number of rotatable bonds is 5. The zero-order valence-corrected chi connectivity index (χ0v) is 15.6. The molecule has 26 heavy (non-hydrogen) atoms. The van der Waals surface area contributed by atoms with Gasteiger partial charge in [0.1, 0.15) is 0 Å². The highest BCUT2D eigenvalue weighted by Crippen LogP contribution is 2.41. The van der Waals surface area contributed by atoms with Gasteiger partial charge in [0.15, 0.2) is 0 Å². The zero-order chi connectivity index (χ0) is 18.3. The Morgan fingerprint density at radius 3 is 3.12 bits per heavy atom. The lowest BCUT2D eigenvalue weighted by atomic mass is 9.79. The highest BCUT2D eigenvalue weighted by Gasteiger charge is 2.36. The predicted molar refractivity (Wildman–Crippen MR) is 107 cm³/mol. The number of H-pyrrole nitrogens is 1. The predicted octanol–water partition coefficient (Wildman–Crippen LogP) is 3.51. The van der Waals surface area contributed by atoms with Gasteiger partial charge < -0.3 is 10.3 Å². The van der Waals surface area contributed by atoms with Gasteiger partial charge in [0, 0.05) is 42.3 Å². The number of amides is 1. The van der Waals surface area contributed by atoms with Crippen LogP contribution in [-0.4, -0.2) is 41.0 Å². The van der Waals surface area contributed by atoms with Crippen molar-refractivity contribution in [2.24, 2.45) is 5.92 Å². The summed E-state index contributed by atoms with van der Waals surface area (Å²) >= 11 is 0. The molecule has 0 saturated heterocycles. The maximum Gasteiger partial charge on any atom is 0.228 e. The highest BCUT2D eigenvalue weighted by atomic mass is 16.2. The van der Waals surface area contributed by atoms with Crippen molar-refractivity contribution in [3.05, 3.63) is 54.3 Å². The van der Waals surface area contributed by atoms with E-state index in [-0.39, 0.29) is 17.9 Å². The molecule has 1 amide bonds. The maximum absolute atomic E-state index is 12.8. The van der Waals surface area contributed by atoms with Crippen LogP contribution in [-0.2, 0) is 11.2 Å². The Hall–Kier alpha value is -2.33. The van der Waals surface area contributed by atoms with Gasteiger partial charge in [0.2, 0.25) is 5.91 Å². The van der Waals surface area contributed by atoms with Crippen LogP contribution in [0.2, 0.25) is 0 Å². The Morgan fingerprint density at radius 1 is 1.50 bits per heavy atom. The smallest absolute Gasteiger partial charge is 0.228 e. The van der Waals surface area contributed by atoms with Crippen molar-refractivity contribution in [2.75, 3.05) is 13.1 Å². The zero-order valence-electron chi connectivity index (χ0n) is 15.6. The molecular weight excluding hydrogens is 322 g/mol. The van der Waals surface area contributed by atoms with E-state index < -0.39 is 0 Å². The van der Waals surface area contributed by atoms with Crippen molar-refractivity contribution < 1.29 is 4.79 Å². The third kappa shape index (κ3) is 2.78. The molecule has 2 aromatic rings. The average molecular weight is 349 g/mol. The van der Waals surface area contributed by atoms with Gasteiger partial charge in [-0.15, -0.1) is 6.58 Å². The summed E-state index contributed by atoms with van der Waals surface area (Å²) in [6, 6.07) is 6.94. The SMILES string of the molecule is C=CCN1C[C@H](C(=O)N[C@H](C)CC)C=C2c3cccc4[nH]cc(c34)C[C@H]21. The van der Waals surface area contributed by atoms with Gasteiger partial charge in [-0.25, -0.2) is 0 Å². The summed E-state index contributed by atoms with van der Waals surface area (Å²) in [5.74, 6) is 0.0114. The second-order valence-electron chi connectivity index (χ2n) is 7.55. The van der Waals surface area contributed by atoms with Gasteiger partial charge in [-0.3, -0.25) is 9.69 Å². The number of nitrogens with zero attached hydrogens (tertiary/aromatic N) is 1. The van der Waals surface area contributed by atoms with Crippen LogP contribution in [0, 0.1) is 5.92 Å². The molecular formula is C22H27N3O. The minimum Gasteiger partial charge on any atom is -0.361 e. The summed E-state index contributed by atoms with van der Waals surface area (Å²) in [4.78, 5) is 18.6. The molecule has 1 aromatic carbocycles. The molecule has 136 valence electrons. The van der Waals surface area contributed by atoms with Crippen LogP contribution in [0.1, 0.15) is 31.4 Å². The van der Waals surface area contributed by atoms with Crippen LogP contribution >= 0.6 is 0 Å². The summed E-state index contributed by atoms with van der Waals surface area (Å²) in [5.41, 5.74) is 5.11. The van der Waals surface area contributed by atoms with Crippen molar-refractivity contribution in [3.63, 3.8) is 0 Å². The lowest BCUT2D eigenvalue weighted by molar-refractivity contribution is -0.125. The average Bonchev–Trinajstić information content (AvgIpc) is 3.06. The van der Waals surface area contributed by atoms with E-state index >= 15 is 0 Å². The Labute approximate surface area is 155 Å². The lowest BCUT2D eigenvalue weighted by Gasteiger charge is -2.41. The van der Waals surface area contributed by atoms with E-state index in [0.29, 0.717) is 6.04 Å². The van der Waals surface area contributed by atoms with E-state index in [1.165, 1.54) is 27.6 Å². The normalized spacial score (nSPS) is 23.2. The van der Waals surface area contributed by atoms with E-state index in [0.717, 1.165) is 25.9 Å². The number of hydrogen-bond acceptors (Lipinski definition) is 2. The number of fused-ring (bicyclic) bond motifs is 2. The van der Waals surface area contributed by atoms with Crippen LogP contribution in [0.4, 0.5) is 0 Å². The van der Waals surface area contributed by atoms with Crippen molar-refractivity contribution >= 4 is 22.4 Å². The fourth-order valence-electron chi connectivity index (χ4n) is 4.31. The van der Waals surface area contributed by atoms with Gasteiger partial charge in [-0.1, -0.05) is 31.2 Å². The summed E-state index contributed by atoms with van der Waals surface area (Å²) in [6.07, 6.45) is 8.22. The quantitative estimate of drug-likeness (QED) is 0.812. The molecule has 0 radical (unpaired) electrons. The van der Waals surface area contributed by atoms with E-state index in [2.05, 4.69) is 66.1 Å². The fourth-order valence-corrected chi connectivity index (χ4v) is 4.31. The molecule has 4 nitrogen and oxygen atoms in total. The minimum atomic E-state index is -0.119. The molecule has 0 unspecified atom stereocenters. The van der Waals surface area contributed by atoms with E-state index in [1.807, 2.05) is 6.08 Å². The van der Waals surface area contributed by atoms with Crippen LogP contribution in [0.3, 0.4) is 0 Å². The van der Waals surface area contributed by atoms with Gasteiger partial charge in [-0.2, -0.15) is 0 Å². The number of carbonyl (C=O) groups is 1. The molecule has 0 fully saturated rings. The molecule has 2 aliphatic rings. The van der Waals surface area contributed by atoms with Crippen LogP contribution in [0.15, 0.2) is 43.1 Å². The van der Waals surface area contributed by atoms with Gasteiger partial charge in [0.05, 0.1) is 5.92 Å². The summed E-state index contributed by atoms with van der Waals surface area (Å²) in [6.45, 7) is 9.63. The Bertz CT molecular complexity index is 879. The standard InChI is InChI=1S/C22H27N3O/c1-4-9-25-13-16(22(26)24-14(3)5-2)10-18-17-7-6-8-19-21(17)15(12-23-19)11-20(18)25/h4,6-8,10,12,14,16,20,23H,1,5,9,11,13H2,2-3H3,(H,24,26)/t14-,16-,20-/m1/s1. The van der Waals surface area contributed by atoms with Crippen molar-refractivity contribution in [2.45, 2.75) is 38.8 Å². The molecule has 4 rings (SSSR count). The third-order valence-electron chi connectivity index (χ3n) is 5.82. The van der Waals surface area contributed by atoms with Gasteiger partial charge >= 0.3 is 0 Å². The number of nitrogens with one attached hydrogen (secondary N) is 2. The molecule has 4 heteroatoms. The number of hydrogen-bond donors (Lipinski definition) is 2. The molecule has 1 aliphatic carbocycles. The Balaban J connectivity index is 1.76. The minimum absolute atomic E-state index is 0.119. The monoisotopic (exact) mass is 349 g/mol. The summed E-state index contributed by atoms with van der Waals surface area (Å²) < 4.78 is 0. The van der Waals surface area contributed by atoms with E-state index in [4.69, 9.17) is 0 Å². The summed E-state index contributed by atoms with van der Waals surface area (Å²) in [5, 5.41) is 4.47. The van der Waals surface area contributed by atoms with Crippen LogP contribution in [0.5, 0.6) is 0 Å². The van der Waals surface area contributed by atoms with E-state index in [1.54, 1.807) is 0 Å². The number of carbonyl (C=O) groups excluding carboxylic acids is 1. The van der Waals surface area contributed by atoms with Gasteiger partial charge in [-0.05, 0) is 42.5 Å². The van der Waals surface area contributed by atoms with Crippen molar-refractivity contribution in [1.29, 1.82) is 0 Å². The molecule has 2 heterocycles. The first-order valence-electron chi connectivity index (χ1n) is 9.58. The maximum atomic E-state index is 12.8. The first-order chi connectivity index (χ1) is 12.6. The molecule has 1 aromatic heterocycles. The molecule has 0 spiro atoms. The molecule has 0 saturated carbocycles. The largest absolute Gasteiger partial charge is 0.361 e. The first-order valence-corrected chi connectivity index (χ1v) is 9.58. The Morgan fingerprint density at radius 2 is 2.35 bits per heavy atom. The number of aromatic nitrogens is 1. The molecule has 3 atom stereocenters. The molecule has 0 bridgehead atoms. The second-order valence-corrected chi connectivity index (χ2v) is 7.55. The van der Waals surface area contributed by atoms with Gasteiger partial charge in [0.25, 0.3) is 0 Å². The molecule has 2 N–H and O–H groups in total. The highest BCUT2D eigenvalue weighted by molar-refractivity contribution is 5.99. The second kappa shape index (κ2) is 6.76. The topological polar surface area (TPSA) is 48.1 Å². The number of benzene rings is 1. The van der Waals surface area contributed by atoms with Crippen molar-refractivity contribution in [1.82, 2.24) is 15.2 Å². The van der Waals surface area contributed by atoms with E-state index in [9.17, 15) is 4.79 Å². The fraction of sp³-hybridized carbons (Fsp3) is 0.409. The number of aromatic amines is 1. The summed E-state index contributed by atoms with van der Waals surface area (Å²) in [7, 11) is 0. The lowest BCUT2D eigenvalue weighted by Crippen LogP contribution is -2.49. The molecule has 1 aliphatic heterocycles. The van der Waals surface area contributed by atoms with Crippen molar-refractivity contribution in [3.8, 4) is 0 Å². The van der Waals surface area contributed by atoms with Crippen LogP contribution < -0.4 is 5.32 Å². The Kier molecular flexibility index (Phi) is 4.45. The third-order valence-corrected chi connectivity index (χ3v) is 5.82. The van der Waals surface area contributed by atoms with Crippen LogP contribution in [0.25, 0.3) is 16.5 Å².